The summed E-state index contributed by atoms with van der Waals surface area (Å²) in [6.07, 6.45) is -0.171. The highest BCUT2D eigenvalue weighted by Crippen LogP contribution is 2.28. The van der Waals surface area contributed by atoms with E-state index in [0.29, 0.717) is 24.7 Å². The molecule has 1 aliphatic rings. The molecule has 2 rings (SSSR count). The minimum Gasteiger partial charge on any atom is -0.370 e. The number of nitrogens with two attached hydrogens (primary N) is 1. The molecule has 1 saturated heterocycles. The van der Waals surface area contributed by atoms with E-state index in [1.807, 2.05) is 24.3 Å². The molecule has 1 aromatic rings. The second-order valence-corrected chi connectivity index (χ2v) is 4.86. The smallest absolute Gasteiger partial charge is 0.239 e. The van der Waals surface area contributed by atoms with Crippen molar-refractivity contribution in [2.75, 3.05) is 19.7 Å². The van der Waals surface area contributed by atoms with Crippen LogP contribution in [0.3, 0.4) is 0 Å². The van der Waals surface area contributed by atoms with Crippen LogP contribution in [0.2, 0.25) is 5.02 Å². The Labute approximate surface area is 112 Å². The van der Waals surface area contributed by atoms with E-state index in [0.717, 1.165) is 5.56 Å². The molecule has 0 spiro atoms. The van der Waals surface area contributed by atoms with Gasteiger partial charge >= 0.3 is 0 Å². The zero-order valence-electron chi connectivity index (χ0n) is 10.3. The van der Waals surface area contributed by atoms with Crippen molar-refractivity contribution in [3.8, 4) is 0 Å². The molecule has 0 aromatic heterocycles. The number of halogens is 1. The Morgan fingerprint density at radius 3 is 2.94 bits per heavy atom. The SMILES string of the molecule is C[C@@H](N)C(=O)N1CCOC(c2ccccc2Cl)C1. The molecule has 1 aromatic carbocycles. The van der Waals surface area contributed by atoms with Crippen molar-refractivity contribution in [2.24, 2.45) is 5.73 Å². The first-order valence-electron chi connectivity index (χ1n) is 6.00. The molecule has 2 atom stereocenters. The fourth-order valence-corrected chi connectivity index (χ4v) is 2.32. The van der Waals surface area contributed by atoms with Gasteiger partial charge in [0.2, 0.25) is 5.91 Å². The van der Waals surface area contributed by atoms with Crippen molar-refractivity contribution >= 4 is 17.5 Å². The molecule has 0 saturated carbocycles. The molecule has 0 bridgehead atoms. The van der Waals surface area contributed by atoms with Crippen LogP contribution in [0.4, 0.5) is 0 Å². The number of nitrogens with zero attached hydrogens (tertiary/aromatic N) is 1. The fourth-order valence-electron chi connectivity index (χ4n) is 2.06. The summed E-state index contributed by atoms with van der Waals surface area (Å²) in [5, 5.41) is 0.664. The molecule has 1 amide bonds. The maximum absolute atomic E-state index is 11.9. The van der Waals surface area contributed by atoms with Gasteiger partial charge in [-0.15, -0.1) is 0 Å². The number of rotatable bonds is 2. The number of carbonyl (C=O) groups is 1. The van der Waals surface area contributed by atoms with Crippen LogP contribution in [0, 0.1) is 0 Å². The Morgan fingerprint density at radius 1 is 1.56 bits per heavy atom. The molecule has 5 heteroatoms. The monoisotopic (exact) mass is 268 g/mol. The number of carbonyl (C=O) groups excluding carboxylic acids is 1. The molecule has 18 heavy (non-hydrogen) atoms. The van der Waals surface area contributed by atoms with Gasteiger partial charge in [0.05, 0.1) is 19.2 Å². The van der Waals surface area contributed by atoms with Crippen molar-refractivity contribution in [1.29, 1.82) is 0 Å². The van der Waals surface area contributed by atoms with E-state index in [1.54, 1.807) is 11.8 Å². The van der Waals surface area contributed by atoms with E-state index in [-0.39, 0.29) is 12.0 Å². The molecule has 1 unspecified atom stereocenters. The van der Waals surface area contributed by atoms with E-state index in [1.165, 1.54) is 0 Å². The highest BCUT2D eigenvalue weighted by Gasteiger charge is 2.27. The molecular formula is C13H17ClN2O2. The van der Waals surface area contributed by atoms with Crippen LogP contribution >= 0.6 is 11.6 Å². The van der Waals surface area contributed by atoms with Gasteiger partial charge in [-0.05, 0) is 13.0 Å². The van der Waals surface area contributed by atoms with Gasteiger partial charge in [0.1, 0.15) is 6.10 Å². The van der Waals surface area contributed by atoms with Crippen molar-refractivity contribution in [3.63, 3.8) is 0 Å². The summed E-state index contributed by atoms with van der Waals surface area (Å²) in [7, 11) is 0. The van der Waals surface area contributed by atoms with E-state index in [9.17, 15) is 4.79 Å². The lowest BCUT2D eigenvalue weighted by atomic mass is 10.1. The van der Waals surface area contributed by atoms with Gasteiger partial charge in [0, 0.05) is 17.1 Å². The second kappa shape index (κ2) is 5.69. The van der Waals surface area contributed by atoms with E-state index in [4.69, 9.17) is 22.1 Å². The molecule has 98 valence electrons. The summed E-state index contributed by atoms with van der Waals surface area (Å²) >= 11 is 6.14. The topological polar surface area (TPSA) is 55.6 Å². The van der Waals surface area contributed by atoms with Crippen LogP contribution in [0.1, 0.15) is 18.6 Å². The standard InChI is InChI=1S/C13H17ClN2O2/c1-9(15)13(17)16-6-7-18-12(8-16)10-4-2-3-5-11(10)14/h2-5,9,12H,6-8,15H2,1H3/t9-,12?/m1/s1. The van der Waals surface area contributed by atoms with Crippen LogP contribution < -0.4 is 5.73 Å². The number of morpholine rings is 1. The third-order valence-corrected chi connectivity index (χ3v) is 3.36. The Morgan fingerprint density at radius 2 is 2.28 bits per heavy atom. The number of ether oxygens (including phenoxy) is 1. The van der Waals surface area contributed by atoms with Gasteiger partial charge < -0.3 is 15.4 Å². The van der Waals surface area contributed by atoms with Crippen molar-refractivity contribution < 1.29 is 9.53 Å². The van der Waals surface area contributed by atoms with Gasteiger partial charge in [0.15, 0.2) is 0 Å². The largest absolute Gasteiger partial charge is 0.370 e. The van der Waals surface area contributed by atoms with Crippen molar-refractivity contribution in [2.45, 2.75) is 19.1 Å². The number of amides is 1. The lowest BCUT2D eigenvalue weighted by Crippen LogP contribution is -2.48. The predicted molar refractivity (Wildman–Crippen MR) is 70.4 cm³/mol. The summed E-state index contributed by atoms with van der Waals surface area (Å²) in [6, 6.07) is 7.06. The fraction of sp³-hybridized carbons (Fsp3) is 0.462. The Bertz CT molecular complexity index is 437. The first-order chi connectivity index (χ1) is 8.59. The van der Waals surface area contributed by atoms with Crippen LogP contribution in [-0.4, -0.2) is 36.5 Å². The van der Waals surface area contributed by atoms with Crippen LogP contribution in [0.5, 0.6) is 0 Å². The first-order valence-corrected chi connectivity index (χ1v) is 6.38. The molecule has 1 heterocycles. The minimum absolute atomic E-state index is 0.0460. The maximum Gasteiger partial charge on any atom is 0.239 e. The minimum atomic E-state index is -0.477. The molecule has 1 aliphatic heterocycles. The quantitative estimate of drug-likeness (QED) is 0.886. The van der Waals surface area contributed by atoms with Gasteiger partial charge in [-0.3, -0.25) is 4.79 Å². The zero-order valence-corrected chi connectivity index (χ0v) is 11.1. The van der Waals surface area contributed by atoms with Crippen LogP contribution in [0.15, 0.2) is 24.3 Å². The van der Waals surface area contributed by atoms with Gasteiger partial charge in [-0.25, -0.2) is 0 Å². The highest BCUT2D eigenvalue weighted by molar-refractivity contribution is 6.31. The molecule has 0 radical (unpaired) electrons. The van der Waals surface area contributed by atoms with Crippen molar-refractivity contribution in [1.82, 2.24) is 4.90 Å². The highest BCUT2D eigenvalue weighted by atomic mass is 35.5. The molecule has 0 aliphatic carbocycles. The van der Waals surface area contributed by atoms with Gasteiger partial charge in [0.25, 0.3) is 0 Å². The van der Waals surface area contributed by atoms with Gasteiger partial charge in [-0.1, -0.05) is 29.8 Å². The van der Waals surface area contributed by atoms with Crippen LogP contribution in [0.25, 0.3) is 0 Å². The third-order valence-electron chi connectivity index (χ3n) is 3.02. The molecule has 4 nitrogen and oxygen atoms in total. The van der Waals surface area contributed by atoms with E-state index >= 15 is 0 Å². The summed E-state index contributed by atoms with van der Waals surface area (Å²) in [5.41, 5.74) is 6.54. The van der Waals surface area contributed by atoms with Crippen LogP contribution in [-0.2, 0) is 9.53 Å². The van der Waals surface area contributed by atoms with Gasteiger partial charge in [-0.2, -0.15) is 0 Å². The maximum atomic E-state index is 11.9. The third kappa shape index (κ3) is 2.83. The number of hydrogen-bond donors (Lipinski definition) is 1. The summed E-state index contributed by atoms with van der Waals surface area (Å²) in [6.45, 7) is 3.29. The average Bonchev–Trinajstić information content (AvgIpc) is 2.38. The Hall–Kier alpha value is -1.10. The first kappa shape index (κ1) is 13.3. The summed E-state index contributed by atoms with van der Waals surface area (Å²) in [4.78, 5) is 13.6. The predicted octanol–water partition coefficient (Wildman–Crippen LogP) is 1.59. The van der Waals surface area contributed by atoms with E-state index in [2.05, 4.69) is 0 Å². The second-order valence-electron chi connectivity index (χ2n) is 4.45. The van der Waals surface area contributed by atoms with Crippen molar-refractivity contribution in [3.05, 3.63) is 34.9 Å². The number of hydrogen-bond acceptors (Lipinski definition) is 3. The Kier molecular flexibility index (Phi) is 4.22. The molecular weight excluding hydrogens is 252 g/mol. The summed E-state index contributed by atoms with van der Waals surface area (Å²) in [5.74, 6) is -0.0460. The Balaban J connectivity index is 2.12. The lowest BCUT2D eigenvalue weighted by Gasteiger charge is -2.34. The summed E-state index contributed by atoms with van der Waals surface area (Å²) < 4.78 is 5.69. The number of benzene rings is 1. The lowest BCUT2D eigenvalue weighted by molar-refractivity contribution is -0.140. The normalized spacial score (nSPS) is 21.7. The molecule has 2 N–H and O–H groups in total. The molecule has 1 fully saturated rings. The average molecular weight is 269 g/mol. The zero-order chi connectivity index (χ0) is 13.1. The van der Waals surface area contributed by atoms with E-state index < -0.39 is 6.04 Å².